The van der Waals surface area contributed by atoms with Crippen molar-refractivity contribution >= 4 is 11.4 Å². The fourth-order valence-corrected chi connectivity index (χ4v) is 2.18. The van der Waals surface area contributed by atoms with Crippen LogP contribution < -0.4 is 10.6 Å². The van der Waals surface area contributed by atoms with Gasteiger partial charge in [-0.15, -0.1) is 0 Å². The summed E-state index contributed by atoms with van der Waals surface area (Å²) in [5.74, 6) is -0.178. The first-order valence-corrected chi connectivity index (χ1v) is 7.37. The molecule has 0 amide bonds. The van der Waals surface area contributed by atoms with Gasteiger partial charge in [-0.2, -0.15) is 0 Å². The molecule has 0 fully saturated rings. The molecule has 0 atom stereocenters. The van der Waals surface area contributed by atoms with Gasteiger partial charge >= 0.3 is 0 Å². The molecular weight excluding hydrogens is 265 g/mol. The fraction of sp³-hybridized carbons (Fsp3) is 0.353. The van der Waals surface area contributed by atoms with Crippen LogP contribution in [0.1, 0.15) is 24.5 Å². The van der Waals surface area contributed by atoms with Crippen LogP contribution in [0.15, 0.2) is 36.7 Å². The summed E-state index contributed by atoms with van der Waals surface area (Å²) in [5, 5.41) is 6.67. The minimum Gasteiger partial charge on any atom is -0.384 e. The van der Waals surface area contributed by atoms with Crippen molar-refractivity contribution < 1.29 is 4.39 Å². The summed E-state index contributed by atoms with van der Waals surface area (Å²) in [6.07, 6.45) is 5.58. The maximum Gasteiger partial charge on any atom is 0.123 e. The lowest BCUT2D eigenvalue weighted by molar-refractivity contribution is 0.625. The molecule has 0 saturated carbocycles. The zero-order chi connectivity index (χ0) is 15.1. The van der Waals surface area contributed by atoms with Gasteiger partial charge in [-0.3, -0.25) is 4.98 Å². The van der Waals surface area contributed by atoms with Gasteiger partial charge in [0.25, 0.3) is 0 Å². The van der Waals surface area contributed by atoms with Crippen LogP contribution in [-0.4, -0.2) is 18.1 Å². The van der Waals surface area contributed by atoms with Crippen LogP contribution in [0.4, 0.5) is 15.8 Å². The smallest absolute Gasteiger partial charge is 0.123 e. The van der Waals surface area contributed by atoms with E-state index in [4.69, 9.17) is 0 Å². The van der Waals surface area contributed by atoms with E-state index in [1.54, 1.807) is 6.07 Å². The molecule has 3 nitrogen and oxygen atoms in total. The van der Waals surface area contributed by atoms with Crippen molar-refractivity contribution in [3.05, 3.63) is 53.6 Å². The number of rotatable bonds is 7. The average molecular weight is 287 g/mol. The lowest BCUT2D eigenvalue weighted by Gasteiger charge is -2.10. The predicted molar refractivity (Wildman–Crippen MR) is 86.3 cm³/mol. The van der Waals surface area contributed by atoms with E-state index in [9.17, 15) is 4.39 Å². The summed E-state index contributed by atoms with van der Waals surface area (Å²) in [4.78, 5) is 4.22. The highest BCUT2D eigenvalue weighted by molar-refractivity contribution is 5.54. The summed E-state index contributed by atoms with van der Waals surface area (Å²) in [5.41, 5.74) is 4.18. The molecule has 2 rings (SSSR count). The van der Waals surface area contributed by atoms with Crippen molar-refractivity contribution in [3.63, 3.8) is 0 Å². The SMILES string of the molecule is CCCNc1cncc(NCCc2ccc(F)cc2C)c1. The number of hydrogen-bond acceptors (Lipinski definition) is 3. The molecule has 0 aliphatic heterocycles. The Bertz CT molecular complexity index is 584. The van der Waals surface area contributed by atoms with Gasteiger partial charge in [0.2, 0.25) is 0 Å². The van der Waals surface area contributed by atoms with E-state index in [1.165, 1.54) is 6.07 Å². The van der Waals surface area contributed by atoms with Crippen LogP contribution in [-0.2, 0) is 6.42 Å². The molecule has 2 aromatic rings. The largest absolute Gasteiger partial charge is 0.384 e. The van der Waals surface area contributed by atoms with Crippen molar-refractivity contribution in [2.45, 2.75) is 26.7 Å². The minimum absolute atomic E-state index is 0.178. The Morgan fingerprint density at radius 2 is 1.76 bits per heavy atom. The number of aryl methyl sites for hydroxylation is 1. The van der Waals surface area contributed by atoms with Crippen LogP contribution in [0.25, 0.3) is 0 Å². The van der Waals surface area contributed by atoms with Gasteiger partial charge in [0.05, 0.1) is 23.8 Å². The van der Waals surface area contributed by atoms with Gasteiger partial charge in [-0.1, -0.05) is 13.0 Å². The Morgan fingerprint density at radius 3 is 2.43 bits per heavy atom. The van der Waals surface area contributed by atoms with Crippen LogP contribution in [0.5, 0.6) is 0 Å². The maximum atomic E-state index is 13.0. The van der Waals surface area contributed by atoms with Crippen molar-refractivity contribution in [1.29, 1.82) is 0 Å². The molecular formula is C17H22FN3. The van der Waals surface area contributed by atoms with Gasteiger partial charge in [0.1, 0.15) is 5.82 Å². The third-order valence-electron chi connectivity index (χ3n) is 3.35. The molecule has 1 heterocycles. The first kappa shape index (κ1) is 15.3. The quantitative estimate of drug-likeness (QED) is 0.808. The zero-order valence-corrected chi connectivity index (χ0v) is 12.6. The number of nitrogens with zero attached hydrogens (tertiary/aromatic N) is 1. The second-order valence-electron chi connectivity index (χ2n) is 5.14. The number of aromatic nitrogens is 1. The molecule has 0 bridgehead atoms. The minimum atomic E-state index is -0.178. The highest BCUT2D eigenvalue weighted by atomic mass is 19.1. The van der Waals surface area contributed by atoms with Crippen LogP contribution in [0.2, 0.25) is 0 Å². The number of nitrogens with one attached hydrogen (secondary N) is 2. The molecule has 0 radical (unpaired) electrons. The van der Waals surface area contributed by atoms with Crippen molar-refractivity contribution in [2.75, 3.05) is 23.7 Å². The molecule has 4 heteroatoms. The van der Waals surface area contributed by atoms with E-state index in [2.05, 4.69) is 28.6 Å². The zero-order valence-electron chi connectivity index (χ0n) is 12.6. The molecule has 112 valence electrons. The first-order valence-electron chi connectivity index (χ1n) is 7.37. The summed E-state index contributed by atoms with van der Waals surface area (Å²) in [7, 11) is 0. The number of hydrogen-bond donors (Lipinski definition) is 2. The summed E-state index contributed by atoms with van der Waals surface area (Å²) >= 11 is 0. The van der Waals surface area contributed by atoms with Crippen molar-refractivity contribution in [2.24, 2.45) is 0 Å². The van der Waals surface area contributed by atoms with E-state index in [0.29, 0.717) is 0 Å². The molecule has 0 aliphatic carbocycles. The number of anilines is 2. The summed E-state index contributed by atoms with van der Waals surface area (Å²) < 4.78 is 13.0. The van der Waals surface area contributed by atoms with Gasteiger partial charge in [0.15, 0.2) is 0 Å². The van der Waals surface area contributed by atoms with E-state index < -0.39 is 0 Å². The van der Waals surface area contributed by atoms with Crippen LogP contribution in [0.3, 0.4) is 0 Å². The Hall–Kier alpha value is -2.10. The average Bonchev–Trinajstić information content (AvgIpc) is 2.48. The lowest BCUT2D eigenvalue weighted by atomic mass is 10.1. The first-order chi connectivity index (χ1) is 10.2. The molecule has 21 heavy (non-hydrogen) atoms. The van der Waals surface area contributed by atoms with Crippen molar-refractivity contribution in [1.82, 2.24) is 4.98 Å². The highest BCUT2D eigenvalue weighted by Gasteiger charge is 2.01. The van der Waals surface area contributed by atoms with Gasteiger partial charge < -0.3 is 10.6 Å². The number of benzene rings is 1. The van der Waals surface area contributed by atoms with Gasteiger partial charge in [0, 0.05) is 13.1 Å². The fourth-order valence-electron chi connectivity index (χ4n) is 2.18. The second-order valence-corrected chi connectivity index (χ2v) is 5.14. The van der Waals surface area contributed by atoms with E-state index >= 15 is 0 Å². The van der Waals surface area contributed by atoms with Crippen LogP contribution >= 0.6 is 0 Å². The van der Waals surface area contributed by atoms with Crippen LogP contribution in [0, 0.1) is 12.7 Å². The Labute approximate surface area is 125 Å². The summed E-state index contributed by atoms with van der Waals surface area (Å²) in [6.45, 7) is 5.81. The lowest BCUT2D eigenvalue weighted by Crippen LogP contribution is -2.07. The monoisotopic (exact) mass is 287 g/mol. The van der Waals surface area contributed by atoms with Gasteiger partial charge in [-0.25, -0.2) is 4.39 Å². The summed E-state index contributed by atoms with van der Waals surface area (Å²) in [6, 6.07) is 7.00. The molecule has 0 saturated heterocycles. The Kier molecular flexibility index (Phi) is 5.55. The van der Waals surface area contributed by atoms with E-state index in [1.807, 2.05) is 25.4 Å². The molecule has 1 aromatic carbocycles. The Balaban J connectivity index is 1.88. The molecule has 0 aliphatic rings. The maximum absolute atomic E-state index is 13.0. The third kappa shape index (κ3) is 4.74. The second kappa shape index (κ2) is 7.62. The number of halogens is 1. The number of pyridine rings is 1. The van der Waals surface area contributed by atoms with E-state index in [0.717, 1.165) is 48.4 Å². The Morgan fingerprint density at radius 1 is 1.05 bits per heavy atom. The van der Waals surface area contributed by atoms with E-state index in [-0.39, 0.29) is 5.82 Å². The highest BCUT2D eigenvalue weighted by Crippen LogP contribution is 2.14. The molecule has 0 unspecified atom stereocenters. The molecule has 2 N–H and O–H groups in total. The standard InChI is InChI=1S/C17H22FN3/c1-3-7-20-16-10-17(12-19-11-16)21-8-6-14-4-5-15(18)9-13(14)2/h4-5,9-12,20-21H,3,6-8H2,1-2H3. The molecule has 1 aromatic heterocycles. The van der Waals surface area contributed by atoms with Gasteiger partial charge in [-0.05, 0) is 49.1 Å². The normalized spacial score (nSPS) is 10.4. The van der Waals surface area contributed by atoms with Crippen molar-refractivity contribution in [3.8, 4) is 0 Å². The topological polar surface area (TPSA) is 37.0 Å². The predicted octanol–water partition coefficient (Wildman–Crippen LogP) is 4.01. The third-order valence-corrected chi connectivity index (χ3v) is 3.35. The molecule has 0 spiro atoms.